The number of aromatic nitrogens is 2. The largest absolute Gasteiger partial charge is 0.331 e. The van der Waals surface area contributed by atoms with Crippen LogP contribution in [0.2, 0.25) is 5.02 Å². The summed E-state index contributed by atoms with van der Waals surface area (Å²) < 4.78 is 2.13. The van der Waals surface area contributed by atoms with E-state index in [0.717, 1.165) is 40.4 Å². The third-order valence-corrected chi connectivity index (χ3v) is 3.32. The van der Waals surface area contributed by atoms with E-state index >= 15 is 0 Å². The van der Waals surface area contributed by atoms with Crippen molar-refractivity contribution in [2.24, 2.45) is 7.05 Å². The van der Waals surface area contributed by atoms with Gasteiger partial charge in [-0.2, -0.15) is 0 Å². The Kier molecular flexibility index (Phi) is 3.17. The smallest absolute Gasteiger partial charge is 0.110 e. The molecule has 0 amide bonds. The lowest BCUT2D eigenvalue weighted by molar-refractivity contribution is 0.725. The Morgan fingerprint density at radius 1 is 1.44 bits per heavy atom. The van der Waals surface area contributed by atoms with Crippen LogP contribution in [0, 0.1) is 6.92 Å². The normalized spacial score (nSPS) is 11.2. The van der Waals surface area contributed by atoms with Gasteiger partial charge >= 0.3 is 0 Å². The fourth-order valence-corrected chi connectivity index (χ4v) is 2.13. The predicted octanol–water partition coefficient (Wildman–Crippen LogP) is 2.30. The lowest BCUT2D eigenvalue weighted by Crippen LogP contribution is -2.13. The highest BCUT2D eigenvalue weighted by molar-refractivity contribution is 6.32. The van der Waals surface area contributed by atoms with Crippen molar-refractivity contribution in [1.29, 1.82) is 0 Å². The third kappa shape index (κ3) is 1.81. The lowest BCUT2D eigenvalue weighted by Gasteiger charge is -2.04. The Morgan fingerprint density at radius 2 is 2.19 bits per heavy atom. The number of nitrogens with one attached hydrogen (secondary N) is 1. The molecule has 0 unspecified atom stereocenters. The number of nitrogens with zero attached hydrogens (tertiary/aromatic N) is 2. The fraction of sp³-hybridized carbons (Fsp3) is 0.417. The van der Waals surface area contributed by atoms with Gasteiger partial charge in [-0.25, -0.2) is 4.98 Å². The first-order chi connectivity index (χ1) is 7.65. The van der Waals surface area contributed by atoms with Gasteiger partial charge in [0, 0.05) is 25.0 Å². The SMILES string of the molecule is CNCCc1nc2ccc(Cl)c(C)c2n1C. The molecule has 0 saturated carbocycles. The highest BCUT2D eigenvalue weighted by atomic mass is 35.5. The molecule has 0 bridgehead atoms. The van der Waals surface area contributed by atoms with Crippen molar-refractivity contribution >= 4 is 22.6 Å². The zero-order valence-corrected chi connectivity index (χ0v) is 10.6. The van der Waals surface area contributed by atoms with Gasteiger partial charge in [0.1, 0.15) is 5.82 Å². The minimum Gasteiger partial charge on any atom is -0.331 e. The molecule has 1 aromatic heterocycles. The van der Waals surface area contributed by atoms with Crippen LogP contribution in [0.25, 0.3) is 11.0 Å². The first-order valence-corrected chi connectivity index (χ1v) is 5.78. The van der Waals surface area contributed by atoms with E-state index in [1.807, 2.05) is 33.2 Å². The van der Waals surface area contributed by atoms with Gasteiger partial charge in [-0.15, -0.1) is 0 Å². The summed E-state index contributed by atoms with van der Waals surface area (Å²) in [5, 5.41) is 3.94. The number of halogens is 1. The topological polar surface area (TPSA) is 29.9 Å². The van der Waals surface area contributed by atoms with Crippen LogP contribution < -0.4 is 5.32 Å². The fourth-order valence-electron chi connectivity index (χ4n) is 1.98. The molecule has 2 rings (SSSR count). The number of aryl methyl sites for hydroxylation is 2. The Labute approximate surface area is 100 Å². The second-order valence-corrected chi connectivity index (χ2v) is 4.39. The van der Waals surface area contributed by atoms with Crippen molar-refractivity contribution in [3.8, 4) is 0 Å². The zero-order chi connectivity index (χ0) is 11.7. The van der Waals surface area contributed by atoms with E-state index in [2.05, 4.69) is 14.9 Å². The maximum absolute atomic E-state index is 6.12. The molecule has 0 atom stereocenters. The van der Waals surface area contributed by atoms with Crippen molar-refractivity contribution in [3.63, 3.8) is 0 Å². The summed E-state index contributed by atoms with van der Waals surface area (Å²) in [7, 11) is 3.99. The number of benzene rings is 1. The van der Waals surface area contributed by atoms with Gasteiger partial charge in [-0.1, -0.05) is 11.6 Å². The van der Waals surface area contributed by atoms with Crippen LogP contribution in [-0.2, 0) is 13.5 Å². The molecule has 1 N–H and O–H groups in total. The van der Waals surface area contributed by atoms with Crippen LogP contribution in [0.4, 0.5) is 0 Å². The highest BCUT2D eigenvalue weighted by Crippen LogP contribution is 2.25. The van der Waals surface area contributed by atoms with Crippen LogP contribution >= 0.6 is 11.6 Å². The van der Waals surface area contributed by atoms with Crippen LogP contribution in [0.1, 0.15) is 11.4 Å². The number of hydrogen-bond acceptors (Lipinski definition) is 2. The maximum atomic E-state index is 6.12. The lowest BCUT2D eigenvalue weighted by atomic mass is 10.2. The molecular formula is C12H16ClN3. The van der Waals surface area contributed by atoms with Gasteiger partial charge < -0.3 is 9.88 Å². The number of likely N-dealkylation sites (N-methyl/N-ethyl adjacent to an activating group) is 1. The van der Waals surface area contributed by atoms with Crippen molar-refractivity contribution in [3.05, 3.63) is 28.5 Å². The zero-order valence-electron chi connectivity index (χ0n) is 9.84. The van der Waals surface area contributed by atoms with E-state index in [0.29, 0.717) is 0 Å². The van der Waals surface area contributed by atoms with Crippen molar-refractivity contribution in [2.45, 2.75) is 13.3 Å². The summed E-state index contributed by atoms with van der Waals surface area (Å²) in [6.07, 6.45) is 0.929. The molecule has 0 aliphatic carbocycles. The van der Waals surface area contributed by atoms with E-state index in [1.54, 1.807) is 0 Å². The Balaban J connectivity index is 2.55. The van der Waals surface area contributed by atoms with Gasteiger partial charge in [-0.3, -0.25) is 0 Å². The van der Waals surface area contributed by atoms with Crippen LogP contribution in [-0.4, -0.2) is 23.1 Å². The monoisotopic (exact) mass is 237 g/mol. The quantitative estimate of drug-likeness (QED) is 0.888. The predicted molar refractivity (Wildman–Crippen MR) is 68.1 cm³/mol. The molecule has 86 valence electrons. The van der Waals surface area contributed by atoms with E-state index < -0.39 is 0 Å². The number of rotatable bonds is 3. The summed E-state index contributed by atoms with van der Waals surface area (Å²) in [6.45, 7) is 2.97. The first-order valence-electron chi connectivity index (χ1n) is 5.40. The molecule has 2 aromatic rings. The van der Waals surface area contributed by atoms with Crippen LogP contribution in [0.3, 0.4) is 0 Å². The van der Waals surface area contributed by atoms with Crippen molar-refractivity contribution < 1.29 is 0 Å². The second-order valence-electron chi connectivity index (χ2n) is 3.98. The van der Waals surface area contributed by atoms with Crippen LogP contribution in [0.15, 0.2) is 12.1 Å². The summed E-state index contributed by atoms with van der Waals surface area (Å²) in [6, 6.07) is 3.89. The minimum atomic E-state index is 0.802. The van der Waals surface area contributed by atoms with E-state index in [9.17, 15) is 0 Å². The van der Waals surface area contributed by atoms with Gasteiger partial charge in [-0.05, 0) is 31.7 Å². The molecule has 4 heteroatoms. The number of fused-ring (bicyclic) bond motifs is 1. The summed E-state index contributed by atoms with van der Waals surface area (Å²) in [4.78, 5) is 4.62. The highest BCUT2D eigenvalue weighted by Gasteiger charge is 2.10. The minimum absolute atomic E-state index is 0.802. The molecule has 0 fully saturated rings. The van der Waals surface area contributed by atoms with Gasteiger partial charge in [0.25, 0.3) is 0 Å². The molecule has 1 heterocycles. The molecule has 0 spiro atoms. The summed E-state index contributed by atoms with van der Waals surface area (Å²) in [5.41, 5.74) is 3.26. The van der Waals surface area contributed by atoms with E-state index in [4.69, 9.17) is 11.6 Å². The summed E-state index contributed by atoms with van der Waals surface area (Å²) in [5.74, 6) is 1.09. The Bertz CT molecular complexity index is 516. The number of imidazole rings is 1. The van der Waals surface area contributed by atoms with Gasteiger partial charge in [0.2, 0.25) is 0 Å². The molecule has 3 nitrogen and oxygen atoms in total. The molecule has 16 heavy (non-hydrogen) atoms. The van der Waals surface area contributed by atoms with E-state index in [1.165, 1.54) is 0 Å². The van der Waals surface area contributed by atoms with Crippen molar-refractivity contribution in [2.75, 3.05) is 13.6 Å². The first kappa shape index (κ1) is 11.4. The Morgan fingerprint density at radius 3 is 2.88 bits per heavy atom. The van der Waals surface area contributed by atoms with E-state index in [-0.39, 0.29) is 0 Å². The second kappa shape index (κ2) is 4.44. The Hall–Kier alpha value is -1.06. The maximum Gasteiger partial charge on any atom is 0.110 e. The average Bonchev–Trinajstić information content (AvgIpc) is 2.59. The molecule has 0 radical (unpaired) electrons. The third-order valence-electron chi connectivity index (χ3n) is 2.91. The van der Waals surface area contributed by atoms with Crippen LogP contribution in [0.5, 0.6) is 0 Å². The average molecular weight is 238 g/mol. The molecule has 0 aliphatic rings. The summed E-state index contributed by atoms with van der Waals surface area (Å²) >= 11 is 6.12. The van der Waals surface area contributed by atoms with Gasteiger partial charge in [0.05, 0.1) is 11.0 Å². The molecule has 1 aromatic carbocycles. The molecular weight excluding hydrogens is 222 g/mol. The molecule has 0 aliphatic heterocycles. The standard InChI is InChI=1S/C12H16ClN3/c1-8-9(13)4-5-10-12(8)16(3)11(15-10)6-7-14-2/h4-5,14H,6-7H2,1-3H3. The van der Waals surface area contributed by atoms with Gasteiger partial charge in [0.15, 0.2) is 0 Å². The van der Waals surface area contributed by atoms with Crippen molar-refractivity contribution in [1.82, 2.24) is 14.9 Å². The molecule has 0 saturated heterocycles. The number of hydrogen-bond donors (Lipinski definition) is 1.